The molecule has 2 heterocycles. The number of piperazine rings is 1. The maximum atomic E-state index is 6.38. The van der Waals surface area contributed by atoms with Gasteiger partial charge < -0.3 is 24.6 Å². The van der Waals surface area contributed by atoms with Gasteiger partial charge in [-0.1, -0.05) is 35.5 Å². The molecule has 232 valence electrons. The van der Waals surface area contributed by atoms with Crippen molar-refractivity contribution in [1.29, 1.82) is 0 Å². The van der Waals surface area contributed by atoms with Crippen molar-refractivity contribution in [2.45, 2.75) is 22.6 Å². The van der Waals surface area contributed by atoms with E-state index >= 15 is 0 Å². The molecule has 2 aliphatic rings. The number of halogens is 4. The van der Waals surface area contributed by atoms with Gasteiger partial charge in [0.05, 0.1) is 18.0 Å². The third-order valence-corrected chi connectivity index (χ3v) is 8.61. The van der Waals surface area contributed by atoms with Crippen LogP contribution in [0.5, 0.6) is 11.5 Å². The van der Waals surface area contributed by atoms with Crippen LogP contribution in [-0.4, -0.2) is 82.4 Å². The fourth-order valence-corrected chi connectivity index (χ4v) is 6.34. The summed E-state index contributed by atoms with van der Waals surface area (Å²) in [6, 6.07) is 22.9. The van der Waals surface area contributed by atoms with E-state index in [2.05, 4.69) is 56.4 Å². The van der Waals surface area contributed by atoms with Crippen LogP contribution in [0.4, 0.5) is 11.4 Å². The normalized spacial score (nSPS) is 14.5. The van der Waals surface area contributed by atoms with Crippen LogP contribution < -0.4 is 19.7 Å². The van der Waals surface area contributed by atoms with Crippen molar-refractivity contribution in [3.63, 3.8) is 0 Å². The Labute approximate surface area is 278 Å². The number of para-hydroxylation sites is 1. The molecule has 42 heavy (non-hydrogen) atoms. The van der Waals surface area contributed by atoms with Gasteiger partial charge in [-0.3, -0.25) is 4.90 Å². The summed E-state index contributed by atoms with van der Waals surface area (Å²) in [4.78, 5) is 10.1. The molecule has 3 aromatic carbocycles. The second-order valence-corrected chi connectivity index (χ2v) is 11.5. The standard InChI is InChI=1S/C31H39ClN4O2S.3ClH/c1-33-14-4-22-37-26-9-11-27(12-10-26)38-23-21-35-19-17-34(18-20-35)15-5-16-36-28-6-2-3-7-30(28)39-31-13-8-25(32)24-29(31)36;;;/h2-3,6-13,24,33H,4-5,14-23H2,1H3;3*1H. The highest BCUT2D eigenvalue weighted by atomic mass is 35.5. The van der Waals surface area contributed by atoms with Crippen LogP contribution in [0.1, 0.15) is 12.8 Å². The summed E-state index contributed by atoms with van der Waals surface area (Å²) >= 11 is 8.21. The van der Waals surface area contributed by atoms with Crippen molar-refractivity contribution >= 4 is 72.0 Å². The molecule has 0 bridgehead atoms. The summed E-state index contributed by atoms with van der Waals surface area (Å²) in [6.45, 7) is 9.83. The Bertz CT molecular complexity index is 1200. The molecule has 0 unspecified atom stereocenters. The van der Waals surface area contributed by atoms with E-state index < -0.39 is 0 Å². The van der Waals surface area contributed by atoms with Gasteiger partial charge in [-0.05, 0) is 87.6 Å². The predicted octanol–water partition coefficient (Wildman–Crippen LogP) is 7.28. The molecule has 1 N–H and O–H groups in total. The van der Waals surface area contributed by atoms with Crippen LogP contribution in [0.25, 0.3) is 0 Å². The van der Waals surface area contributed by atoms with Crippen molar-refractivity contribution in [1.82, 2.24) is 15.1 Å². The molecule has 1 fully saturated rings. The number of nitrogens with one attached hydrogen (secondary N) is 1. The lowest BCUT2D eigenvalue weighted by Gasteiger charge is -2.36. The lowest BCUT2D eigenvalue weighted by atomic mass is 10.2. The highest BCUT2D eigenvalue weighted by Gasteiger charge is 2.24. The van der Waals surface area contributed by atoms with Crippen molar-refractivity contribution in [2.24, 2.45) is 0 Å². The largest absolute Gasteiger partial charge is 0.494 e. The Morgan fingerprint density at radius 3 is 2.02 bits per heavy atom. The third kappa shape index (κ3) is 10.3. The smallest absolute Gasteiger partial charge is 0.119 e. The highest BCUT2D eigenvalue weighted by molar-refractivity contribution is 7.99. The van der Waals surface area contributed by atoms with Gasteiger partial charge in [-0.2, -0.15) is 0 Å². The average molecular weight is 677 g/mol. The predicted molar refractivity (Wildman–Crippen MR) is 184 cm³/mol. The molecule has 2 aliphatic heterocycles. The van der Waals surface area contributed by atoms with Gasteiger partial charge in [0.25, 0.3) is 0 Å². The lowest BCUT2D eigenvalue weighted by Crippen LogP contribution is -2.47. The highest BCUT2D eigenvalue weighted by Crippen LogP contribution is 2.48. The van der Waals surface area contributed by atoms with Gasteiger partial charge in [-0.15, -0.1) is 37.2 Å². The van der Waals surface area contributed by atoms with Gasteiger partial charge in [0.2, 0.25) is 0 Å². The number of ether oxygens (including phenoxy) is 2. The molecule has 1 saturated heterocycles. The quantitative estimate of drug-likeness (QED) is 0.191. The first-order valence-electron chi connectivity index (χ1n) is 14.0. The van der Waals surface area contributed by atoms with Crippen molar-refractivity contribution in [3.05, 3.63) is 71.8 Å². The van der Waals surface area contributed by atoms with Crippen LogP contribution in [-0.2, 0) is 0 Å². The molecule has 0 spiro atoms. The zero-order chi connectivity index (χ0) is 26.9. The first kappa shape index (κ1) is 36.6. The van der Waals surface area contributed by atoms with E-state index in [1.165, 1.54) is 21.2 Å². The van der Waals surface area contributed by atoms with Crippen molar-refractivity contribution in [2.75, 3.05) is 77.5 Å². The molecule has 0 radical (unpaired) electrons. The SMILES string of the molecule is CNCCCOc1ccc(OCCN2CCN(CCCN3c4ccccc4Sc4ccc(Cl)cc43)CC2)cc1.Cl.Cl.Cl. The zero-order valence-corrected chi connectivity index (χ0v) is 28.0. The van der Waals surface area contributed by atoms with Crippen LogP contribution in [0.3, 0.4) is 0 Å². The molecule has 6 nitrogen and oxygen atoms in total. The van der Waals surface area contributed by atoms with Crippen LogP contribution in [0.2, 0.25) is 5.02 Å². The Morgan fingerprint density at radius 2 is 1.33 bits per heavy atom. The van der Waals surface area contributed by atoms with Crippen LogP contribution in [0, 0.1) is 0 Å². The Hall–Kier alpha value is -1.55. The van der Waals surface area contributed by atoms with E-state index in [0.717, 1.165) is 88.3 Å². The van der Waals surface area contributed by atoms with E-state index in [4.69, 9.17) is 21.1 Å². The molecule has 3 aromatic rings. The Morgan fingerprint density at radius 1 is 0.714 bits per heavy atom. The van der Waals surface area contributed by atoms with Crippen molar-refractivity contribution in [3.8, 4) is 11.5 Å². The lowest BCUT2D eigenvalue weighted by molar-refractivity contribution is 0.116. The topological polar surface area (TPSA) is 40.2 Å². The Balaban J connectivity index is 0.00000205. The zero-order valence-electron chi connectivity index (χ0n) is 24.0. The van der Waals surface area contributed by atoms with E-state index in [9.17, 15) is 0 Å². The summed E-state index contributed by atoms with van der Waals surface area (Å²) in [7, 11) is 1.96. The number of hydrogen-bond donors (Lipinski definition) is 1. The molecular weight excluding hydrogens is 634 g/mol. The van der Waals surface area contributed by atoms with Gasteiger partial charge in [0.15, 0.2) is 0 Å². The fraction of sp³-hybridized carbons (Fsp3) is 0.419. The fourth-order valence-electron chi connectivity index (χ4n) is 5.10. The molecular formula is C31H42Cl4N4O2S. The van der Waals surface area contributed by atoms with Gasteiger partial charge in [0, 0.05) is 54.1 Å². The summed E-state index contributed by atoms with van der Waals surface area (Å²) in [5.41, 5.74) is 2.51. The van der Waals surface area contributed by atoms with Crippen molar-refractivity contribution < 1.29 is 9.47 Å². The van der Waals surface area contributed by atoms with E-state index in [1.807, 2.05) is 49.1 Å². The van der Waals surface area contributed by atoms with Crippen LogP contribution >= 0.6 is 60.6 Å². The summed E-state index contributed by atoms with van der Waals surface area (Å²) < 4.78 is 11.7. The summed E-state index contributed by atoms with van der Waals surface area (Å²) in [5.74, 6) is 1.79. The summed E-state index contributed by atoms with van der Waals surface area (Å²) in [5, 5.41) is 3.92. The monoisotopic (exact) mass is 674 g/mol. The van der Waals surface area contributed by atoms with E-state index in [-0.39, 0.29) is 37.2 Å². The van der Waals surface area contributed by atoms with E-state index in [1.54, 1.807) is 0 Å². The number of rotatable bonds is 13. The molecule has 0 atom stereocenters. The minimum absolute atomic E-state index is 0. The summed E-state index contributed by atoms with van der Waals surface area (Å²) in [6.07, 6.45) is 2.11. The van der Waals surface area contributed by atoms with Gasteiger partial charge in [-0.25, -0.2) is 0 Å². The first-order valence-corrected chi connectivity index (χ1v) is 15.2. The maximum absolute atomic E-state index is 6.38. The van der Waals surface area contributed by atoms with Gasteiger partial charge in [0.1, 0.15) is 18.1 Å². The van der Waals surface area contributed by atoms with E-state index in [0.29, 0.717) is 6.61 Å². The maximum Gasteiger partial charge on any atom is 0.119 e. The van der Waals surface area contributed by atoms with Crippen LogP contribution in [0.15, 0.2) is 76.5 Å². The van der Waals surface area contributed by atoms with Gasteiger partial charge >= 0.3 is 0 Å². The molecule has 0 aliphatic carbocycles. The third-order valence-electron chi connectivity index (χ3n) is 7.25. The number of fused-ring (bicyclic) bond motifs is 2. The molecule has 0 aromatic heterocycles. The molecule has 11 heteroatoms. The Kier molecular flexibility index (Phi) is 16.5. The molecule has 0 saturated carbocycles. The number of anilines is 2. The minimum Gasteiger partial charge on any atom is -0.494 e. The second kappa shape index (κ2) is 19.0. The average Bonchev–Trinajstić information content (AvgIpc) is 2.97. The molecule has 0 amide bonds. The second-order valence-electron chi connectivity index (χ2n) is 10.00. The minimum atomic E-state index is 0. The first-order chi connectivity index (χ1) is 19.2. The number of hydrogen-bond acceptors (Lipinski definition) is 7. The number of nitrogens with zero attached hydrogens (tertiary/aromatic N) is 3. The number of benzene rings is 3. The molecule has 5 rings (SSSR count).